The average molecular weight is 218 g/mol. The van der Waals surface area contributed by atoms with Gasteiger partial charge < -0.3 is 11.1 Å². The smallest absolute Gasteiger partial charge is 0.241 e. The van der Waals surface area contributed by atoms with Crippen molar-refractivity contribution >= 4 is 11.6 Å². The van der Waals surface area contributed by atoms with Crippen LogP contribution in [0.3, 0.4) is 0 Å². The van der Waals surface area contributed by atoms with Crippen molar-refractivity contribution in [3.05, 3.63) is 29.6 Å². The lowest BCUT2D eigenvalue weighted by molar-refractivity contribution is -0.117. The Kier molecular flexibility index (Phi) is 3.31. The van der Waals surface area contributed by atoms with E-state index in [1.165, 1.54) is 6.92 Å². The van der Waals surface area contributed by atoms with Gasteiger partial charge in [0, 0.05) is 17.8 Å². The van der Waals surface area contributed by atoms with Crippen molar-refractivity contribution in [1.82, 2.24) is 0 Å². The Hall–Kier alpha value is -1.56. The molecule has 0 aliphatic rings. The standard InChI is InChI=1S/C9H9F3N2O/c1-4(13)9(15)14-5-2-6(10)8(12)7(11)3-5/h2-4H,13H2,1H3,(H,14,15)/t4-/m0/s1. The molecule has 1 aromatic carbocycles. The second-order valence-corrected chi connectivity index (χ2v) is 3.03. The second kappa shape index (κ2) is 4.31. The summed E-state index contributed by atoms with van der Waals surface area (Å²) in [6, 6.07) is 0.540. The van der Waals surface area contributed by atoms with Gasteiger partial charge in [-0.25, -0.2) is 13.2 Å². The van der Waals surface area contributed by atoms with E-state index < -0.39 is 29.4 Å². The lowest BCUT2D eigenvalue weighted by Gasteiger charge is -2.08. The van der Waals surface area contributed by atoms with Crippen molar-refractivity contribution in [2.45, 2.75) is 13.0 Å². The number of rotatable bonds is 2. The number of carbonyl (C=O) groups excluding carboxylic acids is 1. The zero-order chi connectivity index (χ0) is 11.6. The summed E-state index contributed by atoms with van der Waals surface area (Å²) in [7, 11) is 0. The van der Waals surface area contributed by atoms with Gasteiger partial charge in [0.2, 0.25) is 5.91 Å². The van der Waals surface area contributed by atoms with Gasteiger partial charge in [-0.3, -0.25) is 4.79 Å². The topological polar surface area (TPSA) is 55.1 Å². The number of hydrogen-bond acceptors (Lipinski definition) is 2. The fourth-order valence-corrected chi connectivity index (χ4v) is 0.884. The lowest BCUT2D eigenvalue weighted by Crippen LogP contribution is -2.32. The predicted molar refractivity (Wildman–Crippen MR) is 48.6 cm³/mol. The average Bonchev–Trinajstić information content (AvgIpc) is 2.13. The summed E-state index contributed by atoms with van der Waals surface area (Å²) < 4.78 is 37.9. The normalized spacial score (nSPS) is 12.3. The van der Waals surface area contributed by atoms with Crippen LogP contribution in [-0.4, -0.2) is 11.9 Å². The Balaban J connectivity index is 2.93. The van der Waals surface area contributed by atoms with E-state index in [1.807, 2.05) is 0 Å². The summed E-state index contributed by atoms with van der Waals surface area (Å²) >= 11 is 0. The van der Waals surface area contributed by atoms with Gasteiger partial charge >= 0.3 is 0 Å². The zero-order valence-electron chi connectivity index (χ0n) is 7.85. The van der Waals surface area contributed by atoms with Crippen LogP contribution in [-0.2, 0) is 4.79 Å². The van der Waals surface area contributed by atoms with Crippen LogP contribution >= 0.6 is 0 Å². The van der Waals surface area contributed by atoms with Crippen LogP contribution in [0.1, 0.15) is 6.92 Å². The molecule has 82 valence electrons. The number of halogens is 3. The monoisotopic (exact) mass is 218 g/mol. The first kappa shape index (κ1) is 11.5. The molecular formula is C9H9F3N2O. The molecule has 1 atom stereocenters. The highest BCUT2D eigenvalue weighted by atomic mass is 19.2. The van der Waals surface area contributed by atoms with Crippen molar-refractivity contribution < 1.29 is 18.0 Å². The van der Waals surface area contributed by atoms with Crippen LogP contribution in [0.5, 0.6) is 0 Å². The molecule has 6 heteroatoms. The molecule has 0 saturated heterocycles. The van der Waals surface area contributed by atoms with E-state index in [0.29, 0.717) is 12.1 Å². The molecule has 0 heterocycles. The lowest BCUT2D eigenvalue weighted by atomic mass is 10.2. The zero-order valence-corrected chi connectivity index (χ0v) is 7.85. The first-order valence-corrected chi connectivity index (χ1v) is 4.13. The second-order valence-electron chi connectivity index (χ2n) is 3.03. The van der Waals surface area contributed by atoms with Crippen LogP contribution in [0.2, 0.25) is 0 Å². The molecule has 0 unspecified atom stereocenters. The Labute approximate surface area is 84.1 Å². The summed E-state index contributed by atoms with van der Waals surface area (Å²) in [6.07, 6.45) is 0. The first-order chi connectivity index (χ1) is 6.91. The third-order valence-corrected chi connectivity index (χ3v) is 1.66. The Morgan fingerprint density at radius 1 is 1.33 bits per heavy atom. The number of benzene rings is 1. The van der Waals surface area contributed by atoms with Crippen molar-refractivity contribution in [1.29, 1.82) is 0 Å². The van der Waals surface area contributed by atoms with Crippen LogP contribution in [0, 0.1) is 17.5 Å². The number of carbonyl (C=O) groups is 1. The molecule has 0 aliphatic carbocycles. The Morgan fingerprint density at radius 3 is 2.20 bits per heavy atom. The molecule has 15 heavy (non-hydrogen) atoms. The largest absolute Gasteiger partial charge is 0.325 e. The fourth-order valence-electron chi connectivity index (χ4n) is 0.884. The maximum Gasteiger partial charge on any atom is 0.241 e. The van der Waals surface area contributed by atoms with Crippen LogP contribution in [0.4, 0.5) is 18.9 Å². The van der Waals surface area contributed by atoms with Gasteiger partial charge in [-0.2, -0.15) is 0 Å². The SMILES string of the molecule is C[C@H](N)C(=O)Nc1cc(F)c(F)c(F)c1. The fraction of sp³-hybridized carbons (Fsp3) is 0.222. The summed E-state index contributed by atoms with van der Waals surface area (Å²) in [4.78, 5) is 11.0. The van der Waals surface area contributed by atoms with Crippen molar-refractivity contribution in [3.8, 4) is 0 Å². The molecule has 0 aliphatic heterocycles. The summed E-state index contributed by atoms with van der Waals surface area (Å²) in [5.74, 6) is -4.92. The maximum atomic E-state index is 12.7. The molecule has 0 bridgehead atoms. The molecule has 0 fully saturated rings. The number of nitrogens with one attached hydrogen (secondary N) is 1. The highest BCUT2D eigenvalue weighted by Gasteiger charge is 2.13. The van der Waals surface area contributed by atoms with Gasteiger partial charge in [-0.05, 0) is 6.92 Å². The van der Waals surface area contributed by atoms with Crippen molar-refractivity contribution in [2.24, 2.45) is 5.73 Å². The molecule has 3 N–H and O–H groups in total. The van der Waals surface area contributed by atoms with Crippen LogP contribution < -0.4 is 11.1 Å². The molecule has 1 rings (SSSR count). The summed E-state index contributed by atoms with van der Waals surface area (Å²) in [6.45, 7) is 1.41. The van der Waals surface area contributed by atoms with E-state index in [9.17, 15) is 18.0 Å². The van der Waals surface area contributed by atoms with Crippen LogP contribution in [0.15, 0.2) is 12.1 Å². The van der Waals surface area contributed by atoms with Gasteiger partial charge in [-0.1, -0.05) is 0 Å². The van der Waals surface area contributed by atoms with Gasteiger partial charge in [0.25, 0.3) is 0 Å². The molecule has 0 aromatic heterocycles. The van der Waals surface area contributed by atoms with E-state index in [4.69, 9.17) is 5.73 Å². The number of anilines is 1. The van der Waals surface area contributed by atoms with Gasteiger partial charge in [0.05, 0.1) is 6.04 Å². The summed E-state index contributed by atoms with van der Waals surface area (Å²) in [5, 5.41) is 2.14. The maximum absolute atomic E-state index is 12.7. The number of nitrogens with two attached hydrogens (primary N) is 1. The van der Waals surface area contributed by atoms with Crippen LogP contribution in [0.25, 0.3) is 0 Å². The Bertz CT molecular complexity index is 370. The quantitative estimate of drug-likeness (QED) is 0.737. The van der Waals surface area contributed by atoms with Gasteiger partial charge in [0.15, 0.2) is 17.5 Å². The molecule has 0 radical (unpaired) electrons. The molecule has 0 spiro atoms. The molecule has 1 amide bonds. The highest BCUT2D eigenvalue weighted by Crippen LogP contribution is 2.17. The molecule has 3 nitrogen and oxygen atoms in total. The van der Waals surface area contributed by atoms with Crippen molar-refractivity contribution in [2.75, 3.05) is 5.32 Å². The third kappa shape index (κ3) is 2.69. The number of hydrogen-bond donors (Lipinski definition) is 2. The minimum Gasteiger partial charge on any atom is -0.325 e. The highest BCUT2D eigenvalue weighted by molar-refractivity contribution is 5.94. The molecular weight excluding hydrogens is 209 g/mol. The van der Waals surface area contributed by atoms with E-state index in [1.54, 1.807) is 0 Å². The van der Waals surface area contributed by atoms with Crippen molar-refractivity contribution in [3.63, 3.8) is 0 Å². The summed E-state index contributed by atoms with van der Waals surface area (Å²) in [5.41, 5.74) is 5.04. The van der Waals surface area contributed by atoms with E-state index >= 15 is 0 Å². The van der Waals surface area contributed by atoms with E-state index in [0.717, 1.165) is 0 Å². The Morgan fingerprint density at radius 2 is 1.80 bits per heavy atom. The third-order valence-electron chi connectivity index (χ3n) is 1.66. The van der Waals surface area contributed by atoms with E-state index in [2.05, 4.69) is 5.32 Å². The van der Waals surface area contributed by atoms with E-state index in [-0.39, 0.29) is 5.69 Å². The first-order valence-electron chi connectivity index (χ1n) is 4.13. The number of amides is 1. The minimum absolute atomic E-state index is 0.172. The predicted octanol–water partition coefficient (Wildman–Crippen LogP) is 1.39. The molecule has 1 aromatic rings. The van der Waals surface area contributed by atoms with Gasteiger partial charge in [-0.15, -0.1) is 0 Å². The van der Waals surface area contributed by atoms with Gasteiger partial charge in [0.1, 0.15) is 0 Å². The molecule has 0 saturated carbocycles. The minimum atomic E-state index is -1.58.